The number of benzene rings is 1. The minimum atomic E-state index is -2.29. The first kappa shape index (κ1) is 10.7. The Morgan fingerprint density at radius 1 is 1.36 bits per heavy atom. The molecule has 1 aromatic rings. The molecule has 0 amide bonds. The van der Waals surface area contributed by atoms with Crippen LogP contribution in [0.1, 0.15) is 19.4 Å². The largest absolute Gasteiger partial charge is 0.479 e. The molecule has 1 N–H and O–H groups in total. The van der Waals surface area contributed by atoms with Crippen LogP contribution in [0.5, 0.6) is 0 Å². The summed E-state index contributed by atoms with van der Waals surface area (Å²) in [6.07, 6.45) is 0. The monoisotopic (exact) mass is 196 g/mol. The summed E-state index contributed by atoms with van der Waals surface area (Å²) in [6.45, 7) is 3.11. The normalized spacial score (nSPS) is 15.1. The molecular weight excluding hydrogens is 183 g/mol. The maximum atomic E-state index is 14.2. The Bertz CT molecular complexity index is 321. The second-order valence-electron chi connectivity index (χ2n) is 3.54. The van der Waals surface area contributed by atoms with Crippen molar-refractivity contribution in [3.05, 3.63) is 35.9 Å². The van der Waals surface area contributed by atoms with Crippen molar-refractivity contribution in [3.8, 4) is 0 Å². The minimum Gasteiger partial charge on any atom is -0.479 e. The Kier molecular flexibility index (Phi) is 2.89. The lowest BCUT2D eigenvalue weighted by atomic mass is 9.85. The van der Waals surface area contributed by atoms with E-state index >= 15 is 0 Å². The zero-order valence-electron chi connectivity index (χ0n) is 8.20. The van der Waals surface area contributed by atoms with Gasteiger partial charge in [-0.15, -0.1) is 0 Å². The van der Waals surface area contributed by atoms with Gasteiger partial charge in [0, 0.05) is 11.5 Å². The van der Waals surface area contributed by atoms with Crippen LogP contribution >= 0.6 is 0 Å². The van der Waals surface area contributed by atoms with E-state index in [2.05, 4.69) is 0 Å². The Morgan fingerprint density at radius 2 is 1.86 bits per heavy atom. The van der Waals surface area contributed by atoms with Crippen molar-refractivity contribution in [2.24, 2.45) is 5.92 Å². The molecule has 0 heterocycles. The van der Waals surface area contributed by atoms with Crippen LogP contribution in [0.4, 0.5) is 4.39 Å². The fourth-order valence-electron chi connectivity index (χ4n) is 1.38. The van der Waals surface area contributed by atoms with Crippen LogP contribution in [-0.4, -0.2) is 11.1 Å². The number of carboxylic acids is 1. The summed E-state index contributed by atoms with van der Waals surface area (Å²) in [4.78, 5) is 10.9. The maximum absolute atomic E-state index is 14.2. The lowest BCUT2D eigenvalue weighted by Gasteiger charge is -2.24. The van der Waals surface area contributed by atoms with E-state index in [1.165, 1.54) is 12.1 Å². The van der Waals surface area contributed by atoms with Gasteiger partial charge in [-0.3, -0.25) is 0 Å². The fraction of sp³-hybridized carbons (Fsp3) is 0.364. The Morgan fingerprint density at radius 3 is 2.21 bits per heavy atom. The zero-order chi connectivity index (χ0) is 10.8. The van der Waals surface area contributed by atoms with Crippen LogP contribution in [0.3, 0.4) is 0 Å². The SMILES string of the molecule is CC(C)C(F)(C(=O)O)c1ccccc1. The second-order valence-corrected chi connectivity index (χ2v) is 3.54. The number of carboxylic acid groups (broad SMARTS) is 1. The molecule has 1 aromatic carbocycles. The molecule has 1 rings (SSSR count). The summed E-state index contributed by atoms with van der Waals surface area (Å²) in [5.74, 6) is -2.03. The highest BCUT2D eigenvalue weighted by Gasteiger charge is 2.43. The van der Waals surface area contributed by atoms with Gasteiger partial charge in [-0.25, -0.2) is 9.18 Å². The van der Waals surface area contributed by atoms with E-state index in [-0.39, 0.29) is 5.56 Å². The van der Waals surface area contributed by atoms with Gasteiger partial charge in [-0.05, 0) is 0 Å². The smallest absolute Gasteiger partial charge is 0.346 e. The van der Waals surface area contributed by atoms with Crippen LogP contribution in [0.25, 0.3) is 0 Å². The van der Waals surface area contributed by atoms with Crippen molar-refractivity contribution < 1.29 is 14.3 Å². The van der Waals surface area contributed by atoms with E-state index in [1.54, 1.807) is 32.0 Å². The van der Waals surface area contributed by atoms with Crippen LogP contribution in [-0.2, 0) is 10.5 Å². The summed E-state index contributed by atoms with van der Waals surface area (Å²) in [6, 6.07) is 7.98. The molecule has 0 spiro atoms. The predicted octanol–water partition coefficient (Wildman–Crippen LogP) is 2.59. The molecule has 0 saturated carbocycles. The molecule has 1 unspecified atom stereocenters. The molecule has 0 aromatic heterocycles. The highest BCUT2D eigenvalue weighted by molar-refractivity contribution is 5.79. The molecule has 1 atom stereocenters. The topological polar surface area (TPSA) is 37.3 Å². The van der Waals surface area contributed by atoms with Gasteiger partial charge >= 0.3 is 5.97 Å². The van der Waals surface area contributed by atoms with E-state index in [4.69, 9.17) is 5.11 Å². The van der Waals surface area contributed by atoms with Crippen molar-refractivity contribution in [2.75, 3.05) is 0 Å². The molecule has 0 bridgehead atoms. The predicted molar refractivity (Wildman–Crippen MR) is 51.7 cm³/mol. The number of hydrogen-bond donors (Lipinski definition) is 1. The molecular formula is C11H13FO2. The molecule has 0 aliphatic rings. The van der Waals surface area contributed by atoms with Gasteiger partial charge in [0.2, 0.25) is 5.67 Å². The summed E-state index contributed by atoms with van der Waals surface area (Å²) in [5.41, 5.74) is -2.09. The Labute approximate surface area is 82.4 Å². The first-order chi connectivity index (χ1) is 6.49. The van der Waals surface area contributed by atoms with Crippen LogP contribution in [0.15, 0.2) is 30.3 Å². The van der Waals surface area contributed by atoms with Crippen molar-refractivity contribution >= 4 is 5.97 Å². The van der Waals surface area contributed by atoms with E-state index in [9.17, 15) is 9.18 Å². The van der Waals surface area contributed by atoms with Crippen molar-refractivity contribution in [2.45, 2.75) is 19.5 Å². The van der Waals surface area contributed by atoms with Gasteiger partial charge in [0.05, 0.1) is 0 Å². The summed E-state index contributed by atoms with van der Waals surface area (Å²) >= 11 is 0. The van der Waals surface area contributed by atoms with Crippen molar-refractivity contribution in [1.82, 2.24) is 0 Å². The first-order valence-electron chi connectivity index (χ1n) is 4.47. The van der Waals surface area contributed by atoms with Crippen LogP contribution < -0.4 is 0 Å². The van der Waals surface area contributed by atoms with E-state index in [0.717, 1.165) is 0 Å². The quantitative estimate of drug-likeness (QED) is 0.806. The van der Waals surface area contributed by atoms with Gasteiger partial charge in [0.1, 0.15) is 0 Å². The second kappa shape index (κ2) is 3.78. The van der Waals surface area contributed by atoms with Crippen LogP contribution in [0, 0.1) is 5.92 Å². The van der Waals surface area contributed by atoms with Crippen LogP contribution in [0.2, 0.25) is 0 Å². The van der Waals surface area contributed by atoms with Crippen molar-refractivity contribution in [1.29, 1.82) is 0 Å². The maximum Gasteiger partial charge on any atom is 0.346 e. The number of aliphatic carboxylic acids is 1. The molecule has 2 nitrogen and oxygen atoms in total. The molecule has 14 heavy (non-hydrogen) atoms. The lowest BCUT2D eigenvalue weighted by Crippen LogP contribution is -2.36. The van der Waals surface area contributed by atoms with Gasteiger partial charge in [0.25, 0.3) is 0 Å². The third-order valence-corrected chi connectivity index (χ3v) is 2.30. The molecule has 0 aliphatic carbocycles. The van der Waals surface area contributed by atoms with E-state index in [1.807, 2.05) is 0 Å². The molecule has 0 saturated heterocycles. The average Bonchev–Trinajstić information content (AvgIpc) is 2.17. The third kappa shape index (κ3) is 1.62. The Hall–Kier alpha value is -1.38. The molecule has 3 heteroatoms. The van der Waals surface area contributed by atoms with Gasteiger partial charge in [0.15, 0.2) is 0 Å². The van der Waals surface area contributed by atoms with Gasteiger partial charge in [-0.1, -0.05) is 44.2 Å². The van der Waals surface area contributed by atoms with Crippen molar-refractivity contribution in [3.63, 3.8) is 0 Å². The summed E-state index contributed by atoms with van der Waals surface area (Å²) < 4.78 is 14.2. The number of alkyl halides is 1. The number of rotatable bonds is 3. The first-order valence-corrected chi connectivity index (χ1v) is 4.47. The highest BCUT2D eigenvalue weighted by Crippen LogP contribution is 2.34. The van der Waals surface area contributed by atoms with Gasteiger partial charge in [-0.2, -0.15) is 0 Å². The minimum absolute atomic E-state index is 0.197. The molecule has 76 valence electrons. The van der Waals surface area contributed by atoms with E-state index < -0.39 is 17.6 Å². The van der Waals surface area contributed by atoms with E-state index in [0.29, 0.717) is 0 Å². The molecule has 0 aliphatic heterocycles. The highest BCUT2D eigenvalue weighted by atomic mass is 19.1. The average molecular weight is 196 g/mol. The molecule has 0 radical (unpaired) electrons. The third-order valence-electron chi connectivity index (χ3n) is 2.30. The van der Waals surface area contributed by atoms with Gasteiger partial charge < -0.3 is 5.11 Å². The Balaban J connectivity index is 3.20. The number of carbonyl (C=O) groups is 1. The number of hydrogen-bond acceptors (Lipinski definition) is 1. The summed E-state index contributed by atoms with van der Waals surface area (Å²) in [7, 11) is 0. The number of halogens is 1. The molecule has 0 fully saturated rings. The fourth-order valence-corrected chi connectivity index (χ4v) is 1.38. The zero-order valence-corrected chi connectivity index (χ0v) is 8.20. The standard InChI is InChI=1S/C11H13FO2/c1-8(2)11(12,10(13)14)9-6-4-3-5-7-9/h3-8H,1-2H3,(H,13,14). The lowest BCUT2D eigenvalue weighted by molar-refractivity contribution is -0.155. The summed E-state index contributed by atoms with van der Waals surface area (Å²) in [5, 5.41) is 8.88.